The first kappa shape index (κ1) is 66.7. The molecule has 3 aliphatic heterocycles. The fourth-order valence-corrected chi connectivity index (χ4v) is 10.5. The molecule has 9 N–H and O–H groups in total. The van der Waals surface area contributed by atoms with E-state index in [9.17, 15) is 47.9 Å². The third kappa shape index (κ3) is 20.6. The minimum absolute atomic E-state index is 0.00607. The van der Waals surface area contributed by atoms with Crippen LogP contribution < -0.4 is 38.2 Å². The highest BCUT2D eigenvalue weighted by Gasteiger charge is 2.44. The Balaban J connectivity index is 1.23. The highest BCUT2D eigenvalue weighted by Crippen LogP contribution is 2.27. The Morgan fingerprint density at radius 1 is 0.679 bits per heavy atom. The largest absolute Gasteiger partial charge is 0.469 e. The van der Waals surface area contributed by atoms with Gasteiger partial charge in [-0.1, -0.05) is 67.6 Å². The molecule has 3 heterocycles. The van der Waals surface area contributed by atoms with Gasteiger partial charge in [0.15, 0.2) is 0 Å². The lowest BCUT2D eigenvalue weighted by Crippen LogP contribution is -2.59. The van der Waals surface area contributed by atoms with E-state index < -0.39 is 114 Å². The second kappa shape index (κ2) is 32.7. The van der Waals surface area contributed by atoms with Crippen LogP contribution in [0.2, 0.25) is 0 Å². The molecule has 0 radical (unpaired) electrons. The van der Waals surface area contributed by atoms with E-state index in [1.54, 1.807) is 96.1 Å². The number of nitrogens with zero attached hydrogens (tertiary/aromatic N) is 6. The molecule has 0 spiro atoms. The molecule has 3 fully saturated rings. The van der Waals surface area contributed by atoms with Crippen LogP contribution in [0.3, 0.4) is 0 Å². The maximum atomic E-state index is 14.4. The standard InChI is InChI=1S/C59H87N13O12/c1-8-43(54(78)69-31-18-27-47(69)53(77)68-72(37-41-22-13-10-14-23-41)50(74)35-42(57(81)83-7)24-15-29-62-38(2)60)66-51(75)45(34-40-20-11-9-12-21-40)65-49(73)36-64-52(76)46-26-17-32-70(46)56(80)48-28-19-33-71(48)55(79)44(25-16-30-63-39(3)61)67-58(82)84-59(4,5)6/h9-14,20-23,42-48H,8,15-19,24-37H2,1-7H3,(H2,60,62)(H2,61,63)(H,64,76)(H,65,73)(H,66,75)(H,67,82)(H,68,77)/t42-,43-,44+,45-,46+,47+,48+/m0/s1. The van der Waals surface area contributed by atoms with Crippen molar-refractivity contribution in [1.29, 1.82) is 0 Å². The summed E-state index contributed by atoms with van der Waals surface area (Å²) in [6.45, 7) is 10.8. The SMILES string of the molecule is CC[C@H](NC(=O)[C@H](Cc1ccccc1)NC(=O)CNC(=O)[C@H]1CCCN1C(=O)[C@H]1CCCN1C(=O)[C@@H](CCCN=C(C)N)NC(=O)OC(C)(C)C)C(=O)N1CCC[C@@H]1C(=O)NN(Cc1ccccc1)C(=O)C[C@H](CCCN=C(C)N)C(=O)OC. The molecule has 25 nitrogen and oxygen atoms in total. The molecular formula is C59H87N13O12. The molecule has 9 amide bonds. The van der Waals surface area contributed by atoms with Gasteiger partial charge in [-0.25, -0.2) is 9.80 Å². The van der Waals surface area contributed by atoms with Gasteiger partial charge < -0.3 is 56.9 Å². The van der Waals surface area contributed by atoms with E-state index in [-0.39, 0.29) is 64.7 Å². The van der Waals surface area contributed by atoms with E-state index in [1.165, 1.54) is 21.8 Å². The number of alkyl carbamates (subject to hydrolysis) is 1. The van der Waals surface area contributed by atoms with Crippen molar-refractivity contribution in [2.24, 2.45) is 27.4 Å². The van der Waals surface area contributed by atoms with Gasteiger partial charge in [0.1, 0.15) is 41.9 Å². The lowest BCUT2D eigenvalue weighted by molar-refractivity contribution is -0.152. The minimum atomic E-state index is -1.23. The van der Waals surface area contributed by atoms with Gasteiger partial charge in [0.05, 0.1) is 37.8 Å². The van der Waals surface area contributed by atoms with Crippen molar-refractivity contribution in [3.05, 3.63) is 71.8 Å². The number of carbonyl (C=O) groups is 10. The Hall–Kier alpha value is -8.12. The van der Waals surface area contributed by atoms with E-state index >= 15 is 0 Å². The van der Waals surface area contributed by atoms with Gasteiger partial charge in [-0.2, -0.15) is 0 Å². The van der Waals surface area contributed by atoms with E-state index in [4.69, 9.17) is 20.9 Å². The van der Waals surface area contributed by atoms with Crippen LogP contribution in [-0.2, 0) is 65.6 Å². The first-order valence-electron chi connectivity index (χ1n) is 29.1. The number of nitrogens with two attached hydrogens (primary N) is 2. The zero-order valence-electron chi connectivity index (χ0n) is 49.7. The van der Waals surface area contributed by atoms with Gasteiger partial charge in [0, 0.05) is 45.6 Å². The summed E-state index contributed by atoms with van der Waals surface area (Å²) in [5.41, 5.74) is 14.6. The highest BCUT2D eigenvalue weighted by atomic mass is 16.6. The molecular weight excluding hydrogens is 1080 g/mol. The summed E-state index contributed by atoms with van der Waals surface area (Å²) in [6.07, 6.45) is 2.71. The Labute approximate surface area is 492 Å². The fourth-order valence-electron chi connectivity index (χ4n) is 10.5. The smallest absolute Gasteiger partial charge is 0.408 e. The molecule has 25 heteroatoms. The highest BCUT2D eigenvalue weighted by molar-refractivity contribution is 5.98. The van der Waals surface area contributed by atoms with Crippen molar-refractivity contribution in [2.45, 2.75) is 173 Å². The zero-order valence-corrected chi connectivity index (χ0v) is 49.7. The first-order chi connectivity index (χ1) is 40.0. The molecule has 2 aromatic carbocycles. The third-order valence-corrected chi connectivity index (χ3v) is 14.6. The van der Waals surface area contributed by atoms with Gasteiger partial charge in [-0.05, 0) is 116 Å². The summed E-state index contributed by atoms with van der Waals surface area (Å²) in [5.74, 6) is -5.34. The van der Waals surface area contributed by atoms with Crippen LogP contribution in [0.15, 0.2) is 70.6 Å². The monoisotopic (exact) mass is 1170 g/mol. The topological polar surface area (TPSA) is 339 Å². The first-order valence-corrected chi connectivity index (χ1v) is 29.1. The molecule has 3 saturated heterocycles. The summed E-state index contributed by atoms with van der Waals surface area (Å²) in [6, 6.07) is 11.5. The van der Waals surface area contributed by atoms with Crippen LogP contribution in [0.1, 0.15) is 130 Å². The molecule has 460 valence electrons. The molecule has 0 aromatic heterocycles. The summed E-state index contributed by atoms with van der Waals surface area (Å²) < 4.78 is 10.5. The van der Waals surface area contributed by atoms with Crippen molar-refractivity contribution in [2.75, 3.05) is 46.4 Å². The summed E-state index contributed by atoms with van der Waals surface area (Å²) in [7, 11) is 1.23. The molecule has 0 saturated carbocycles. The number of esters is 1. The van der Waals surface area contributed by atoms with Gasteiger partial charge in [0.25, 0.3) is 5.91 Å². The number of amidine groups is 2. The summed E-state index contributed by atoms with van der Waals surface area (Å²) in [4.78, 5) is 151. The molecule has 0 aliphatic carbocycles. The number of aliphatic imine (C=N–C) groups is 2. The van der Waals surface area contributed by atoms with Crippen LogP contribution in [0.4, 0.5) is 4.79 Å². The molecule has 2 aromatic rings. The second-order valence-corrected chi connectivity index (χ2v) is 22.5. The number of amides is 9. The number of benzene rings is 2. The average Bonchev–Trinajstić information content (AvgIpc) is 4.44. The van der Waals surface area contributed by atoms with Crippen molar-refractivity contribution in [1.82, 2.24) is 46.4 Å². The number of likely N-dealkylation sites (tertiary alicyclic amines) is 3. The number of hydrogen-bond donors (Lipinski definition) is 7. The molecule has 0 unspecified atom stereocenters. The quantitative estimate of drug-likeness (QED) is 0.0222. The van der Waals surface area contributed by atoms with Crippen LogP contribution >= 0.6 is 0 Å². The Bertz CT molecular complexity index is 2660. The number of hydrazine groups is 1. The molecule has 3 aliphatic rings. The number of hydrogen-bond acceptors (Lipinski definition) is 14. The van der Waals surface area contributed by atoms with Crippen molar-refractivity contribution in [3.8, 4) is 0 Å². The minimum Gasteiger partial charge on any atom is -0.469 e. The van der Waals surface area contributed by atoms with Crippen LogP contribution in [0, 0.1) is 5.92 Å². The van der Waals surface area contributed by atoms with E-state index in [1.807, 2.05) is 6.07 Å². The van der Waals surface area contributed by atoms with Crippen LogP contribution in [0.25, 0.3) is 0 Å². The van der Waals surface area contributed by atoms with Crippen molar-refractivity contribution < 1.29 is 57.4 Å². The van der Waals surface area contributed by atoms with E-state index in [2.05, 4.69) is 36.7 Å². The lowest BCUT2D eigenvalue weighted by atomic mass is 9.98. The summed E-state index contributed by atoms with van der Waals surface area (Å²) in [5, 5.41) is 12.0. The van der Waals surface area contributed by atoms with E-state index in [0.717, 1.165) is 5.01 Å². The van der Waals surface area contributed by atoms with Crippen molar-refractivity contribution >= 4 is 71.0 Å². The van der Waals surface area contributed by atoms with Gasteiger partial charge in [0.2, 0.25) is 41.4 Å². The number of ether oxygens (including phenoxy) is 2. The molecule has 5 rings (SSSR count). The Morgan fingerprint density at radius 3 is 1.79 bits per heavy atom. The second-order valence-electron chi connectivity index (χ2n) is 22.5. The van der Waals surface area contributed by atoms with E-state index in [0.29, 0.717) is 80.8 Å². The number of rotatable bonds is 27. The van der Waals surface area contributed by atoms with Gasteiger partial charge >= 0.3 is 12.1 Å². The summed E-state index contributed by atoms with van der Waals surface area (Å²) >= 11 is 0. The van der Waals surface area contributed by atoms with Gasteiger partial charge in [-0.15, -0.1) is 0 Å². The fraction of sp³-hybridized carbons (Fsp3) is 0.593. The number of carbonyl (C=O) groups excluding carboxylic acids is 10. The Kier molecular flexibility index (Phi) is 25.9. The molecule has 7 atom stereocenters. The molecule has 0 bridgehead atoms. The van der Waals surface area contributed by atoms with Crippen molar-refractivity contribution in [3.63, 3.8) is 0 Å². The molecule has 84 heavy (non-hydrogen) atoms. The maximum absolute atomic E-state index is 14.4. The van der Waals surface area contributed by atoms with Gasteiger partial charge in [-0.3, -0.25) is 58.6 Å². The Morgan fingerprint density at radius 2 is 1.21 bits per heavy atom. The number of nitrogens with one attached hydrogen (secondary N) is 5. The van der Waals surface area contributed by atoms with Crippen LogP contribution in [-0.4, -0.2) is 179 Å². The third-order valence-electron chi connectivity index (χ3n) is 14.6. The zero-order chi connectivity index (χ0) is 61.5. The average molecular weight is 1170 g/mol. The predicted octanol–water partition coefficient (Wildman–Crippen LogP) is 2.15. The number of methoxy groups -OCH3 is 1. The lowest BCUT2D eigenvalue weighted by Gasteiger charge is -2.33. The normalized spacial score (nSPS) is 18.6. The predicted molar refractivity (Wildman–Crippen MR) is 313 cm³/mol. The maximum Gasteiger partial charge on any atom is 0.408 e. The van der Waals surface area contributed by atoms with Crippen LogP contribution in [0.5, 0.6) is 0 Å².